The van der Waals surface area contributed by atoms with E-state index >= 15 is 0 Å². The molecule has 122 valence electrons. The Kier molecular flexibility index (Phi) is 4.29. The summed E-state index contributed by atoms with van der Waals surface area (Å²) in [6.45, 7) is 2.52. The van der Waals surface area contributed by atoms with Crippen LogP contribution in [0.25, 0.3) is 10.9 Å². The van der Waals surface area contributed by atoms with Gasteiger partial charge in [-0.2, -0.15) is 0 Å². The number of non-ortho nitro benzene ring substituents is 1. The quantitative estimate of drug-likeness (QED) is 0.557. The highest BCUT2D eigenvalue weighted by molar-refractivity contribution is 5.94. The van der Waals surface area contributed by atoms with Crippen LogP contribution in [0.5, 0.6) is 0 Å². The van der Waals surface area contributed by atoms with Crippen molar-refractivity contribution < 1.29 is 9.72 Å². The van der Waals surface area contributed by atoms with Gasteiger partial charge in [-0.05, 0) is 36.6 Å². The summed E-state index contributed by atoms with van der Waals surface area (Å²) < 4.78 is 0. The molecule has 24 heavy (non-hydrogen) atoms. The second kappa shape index (κ2) is 6.54. The van der Waals surface area contributed by atoms with Crippen LogP contribution in [0, 0.1) is 17.0 Å². The van der Waals surface area contributed by atoms with Crippen molar-refractivity contribution in [3.63, 3.8) is 0 Å². The minimum Gasteiger partial charge on any atom is -0.361 e. The van der Waals surface area contributed by atoms with E-state index in [-0.39, 0.29) is 11.6 Å². The number of hydrogen-bond donors (Lipinski definition) is 2. The molecule has 0 saturated carbocycles. The van der Waals surface area contributed by atoms with Gasteiger partial charge in [-0.25, -0.2) is 0 Å². The Bertz CT molecular complexity index is 915. The second-order valence-corrected chi connectivity index (χ2v) is 5.62. The molecule has 6 nitrogen and oxygen atoms in total. The monoisotopic (exact) mass is 323 g/mol. The zero-order valence-corrected chi connectivity index (χ0v) is 13.2. The predicted molar refractivity (Wildman–Crippen MR) is 92.2 cm³/mol. The maximum absolute atomic E-state index is 12.1. The van der Waals surface area contributed by atoms with Crippen LogP contribution in [0.15, 0.2) is 48.7 Å². The molecular formula is C18H17N3O3. The number of fused-ring (bicyclic) bond motifs is 1. The minimum atomic E-state index is -0.508. The lowest BCUT2D eigenvalue weighted by Crippen LogP contribution is -2.25. The van der Waals surface area contributed by atoms with E-state index in [0.29, 0.717) is 18.5 Å². The average molecular weight is 323 g/mol. The van der Waals surface area contributed by atoms with Gasteiger partial charge in [0, 0.05) is 41.3 Å². The highest BCUT2D eigenvalue weighted by Crippen LogP contribution is 2.22. The van der Waals surface area contributed by atoms with Crippen molar-refractivity contribution in [2.24, 2.45) is 0 Å². The lowest BCUT2D eigenvalue weighted by molar-refractivity contribution is -0.384. The molecule has 0 unspecified atom stereocenters. The SMILES string of the molecule is Cc1cccc2[nH]cc(CCNC(=O)c3cccc([N+](=O)[O-])c3)c12. The number of carbonyl (C=O) groups excluding carboxylic acids is 1. The molecule has 0 saturated heterocycles. The van der Waals surface area contributed by atoms with Crippen molar-refractivity contribution in [3.05, 3.63) is 75.5 Å². The number of aryl methyl sites for hydroxylation is 1. The van der Waals surface area contributed by atoms with Crippen molar-refractivity contribution in [1.82, 2.24) is 10.3 Å². The maximum Gasteiger partial charge on any atom is 0.270 e. The molecule has 3 aromatic rings. The standard InChI is InChI=1S/C18H17N3O3/c1-12-4-2-7-16-17(12)14(11-20-16)8-9-19-18(22)13-5-3-6-15(10-13)21(23)24/h2-7,10-11,20H,8-9H2,1H3,(H,19,22). The van der Waals surface area contributed by atoms with Crippen molar-refractivity contribution in [2.45, 2.75) is 13.3 Å². The first-order valence-electron chi connectivity index (χ1n) is 7.64. The van der Waals surface area contributed by atoms with Gasteiger partial charge < -0.3 is 10.3 Å². The number of H-pyrrole nitrogens is 1. The van der Waals surface area contributed by atoms with Crippen LogP contribution in [0.4, 0.5) is 5.69 Å². The molecule has 1 amide bonds. The first-order valence-corrected chi connectivity index (χ1v) is 7.64. The average Bonchev–Trinajstić information content (AvgIpc) is 2.99. The smallest absolute Gasteiger partial charge is 0.270 e. The topological polar surface area (TPSA) is 88.0 Å². The third kappa shape index (κ3) is 3.12. The summed E-state index contributed by atoms with van der Waals surface area (Å²) in [6, 6.07) is 11.8. The number of aromatic nitrogens is 1. The van der Waals surface area contributed by atoms with Crippen LogP contribution in [0.1, 0.15) is 21.5 Å². The van der Waals surface area contributed by atoms with E-state index in [1.54, 1.807) is 6.07 Å². The number of nitrogens with one attached hydrogen (secondary N) is 2. The Morgan fingerprint density at radius 3 is 2.83 bits per heavy atom. The highest BCUT2D eigenvalue weighted by atomic mass is 16.6. The summed E-state index contributed by atoms with van der Waals surface area (Å²) >= 11 is 0. The number of nitrogens with zero attached hydrogens (tertiary/aromatic N) is 1. The van der Waals surface area contributed by atoms with Crippen LogP contribution < -0.4 is 5.32 Å². The Morgan fingerprint density at radius 1 is 1.25 bits per heavy atom. The minimum absolute atomic E-state index is 0.0881. The largest absolute Gasteiger partial charge is 0.361 e. The van der Waals surface area contributed by atoms with Crippen LogP contribution in [0.3, 0.4) is 0 Å². The molecule has 1 heterocycles. The van der Waals surface area contributed by atoms with E-state index in [4.69, 9.17) is 0 Å². The molecule has 0 bridgehead atoms. The molecule has 0 radical (unpaired) electrons. The predicted octanol–water partition coefficient (Wildman–Crippen LogP) is 3.36. The molecule has 0 aliphatic carbocycles. The van der Waals surface area contributed by atoms with Crippen LogP contribution in [0.2, 0.25) is 0 Å². The Morgan fingerprint density at radius 2 is 2.04 bits per heavy atom. The fourth-order valence-electron chi connectivity index (χ4n) is 2.82. The number of rotatable bonds is 5. The summed E-state index contributed by atoms with van der Waals surface area (Å²) in [5, 5.41) is 14.8. The van der Waals surface area contributed by atoms with E-state index in [2.05, 4.69) is 23.3 Å². The summed E-state index contributed by atoms with van der Waals surface area (Å²) in [5.41, 5.74) is 3.61. The van der Waals surface area contributed by atoms with Crippen molar-refractivity contribution >= 4 is 22.5 Å². The summed E-state index contributed by atoms with van der Waals surface area (Å²) in [5.74, 6) is -0.310. The van der Waals surface area contributed by atoms with Crippen molar-refractivity contribution in [3.8, 4) is 0 Å². The molecule has 0 aliphatic heterocycles. The van der Waals surface area contributed by atoms with Gasteiger partial charge in [-0.1, -0.05) is 18.2 Å². The number of benzene rings is 2. The molecule has 0 atom stereocenters. The van der Waals surface area contributed by atoms with Gasteiger partial charge >= 0.3 is 0 Å². The number of amides is 1. The normalized spacial score (nSPS) is 10.7. The van der Waals surface area contributed by atoms with Gasteiger partial charge in [0.15, 0.2) is 0 Å². The van der Waals surface area contributed by atoms with Gasteiger partial charge in [-0.3, -0.25) is 14.9 Å². The van der Waals surface area contributed by atoms with E-state index in [9.17, 15) is 14.9 Å². The lowest BCUT2D eigenvalue weighted by Gasteiger charge is -2.06. The van der Waals surface area contributed by atoms with Gasteiger partial charge in [0.05, 0.1) is 4.92 Å². The summed E-state index contributed by atoms with van der Waals surface area (Å²) in [7, 11) is 0. The number of carbonyl (C=O) groups is 1. The number of nitro groups is 1. The number of hydrogen-bond acceptors (Lipinski definition) is 3. The van der Waals surface area contributed by atoms with Crippen molar-refractivity contribution in [1.29, 1.82) is 0 Å². The maximum atomic E-state index is 12.1. The second-order valence-electron chi connectivity index (χ2n) is 5.62. The third-order valence-electron chi connectivity index (χ3n) is 3.99. The molecular weight excluding hydrogens is 306 g/mol. The summed E-state index contributed by atoms with van der Waals surface area (Å²) in [4.78, 5) is 25.6. The number of nitro benzene ring substituents is 1. The lowest BCUT2D eigenvalue weighted by atomic mass is 10.1. The number of aromatic amines is 1. The van der Waals surface area contributed by atoms with E-state index in [1.807, 2.05) is 18.3 Å². The van der Waals surface area contributed by atoms with Crippen LogP contribution >= 0.6 is 0 Å². The third-order valence-corrected chi connectivity index (χ3v) is 3.99. The highest BCUT2D eigenvalue weighted by Gasteiger charge is 2.11. The molecule has 0 fully saturated rings. The molecule has 2 N–H and O–H groups in total. The van der Waals surface area contributed by atoms with Gasteiger partial charge in [0.1, 0.15) is 0 Å². The van der Waals surface area contributed by atoms with Gasteiger partial charge in [-0.15, -0.1) is 0 Å². The van der Waals surface area contributed by atoms with Crippen LogP contribution in [-0.4, -0.2) is 22.4 Å². The molecule has 0 spiro atoms. The first-order chi connectivity index (χ1) is 11.6. The van der Waals surface area contributed by atoms with E-state index in [1.165, 1.54) is 29.1 Å². The Labute approximate surface area is 138 Å². The Hall–Kier alpha value is -3.15. The molecule has 3 rings (SSSR count). The zero-order valence-electron chi connectivity index (χ0n) is 13.2. The van der Waals surface area contributed by atoms with E-state index < -0.39 is 4.92 Å². The first kappa shape index (κ1) is 15.7. The molecule has 0 aliphatic rings. The molecule has 1 aromatic heterocycles. The fraction of sp³-hybridized carbons (Fsp3) is 0.167. The Balaban J connectivity index is 1.66. The van der Waals surface area contributed by atoms with Gasteiger partial charge in [0.25, 0.3) is 11.6 Å². The molecule has 2 aromatic carbocycles. The summed E-state index contributed by atoms with van der Waals surface area (Å²) in [6.07, 6.45) is 2.64. The molecule has 6 heteroatoms. The van der Waals surface area contributed by atoms with Crippen molar-refractivity contribution in [2.75, 3.05) is 6.54 Å². The van der Waals surface area contributed by atoms with E-state index in [0.717, 1.165) is 11.1 Å². The van der Waals surface area contributed by atoms with Crippen LogP contribution in [-0.2, 0) is 6.42 Å². The fourth-order valence-corrected chi connectivity index (χ4v) is 2.82. The zero-order chi connectivity index (χ0) is 17.1. The van der Waals surface area contributed by atoms with Gasteiger partial charge in [0.2, 0.25) is 0 Å².